The maximum Gasteiger partial charge on any atom is 0.323 e. The molecule has 0 radical (unpaired) electrons. The van der Waals surface area contributed by atoms with E-state index in [1.165, 1.54) is 0 Å². The van der Waals surface area contributed by atoms with Crippen molar-refractivity contribution in [2.45, 2.75) is 32.4 Å². The molecule has 1 heterocycles. The molecule has 1 saturated heterocycles. The molecule has 1 N–H and O–H groups in total. The Morgan fingerprint density at radius 2 is 2.40 bits per heavy atom. The zero-order valence-electron chi connectivity index (χ0n) is 6.39. The molecule has 0 aliphatic carbocycles. The van der Waals surface area contributed by atoms with E-state index in [9.17, 15) is 4.79 Å². The molecule has 3 heteroatoms. The van der Waals surface area contributed by atoms with E-state index in [0.717, 1.165) is 6.42 Å². The zero-order valence-corrected chi connectivity index (χ0v) is 6.39. The summed E-state index contributed by atoms with van der Waals surface area (Å²) in [6, 6.07) is 0.448. The van der Waals surface area contributed by atoms with Gasteiger partial charge in [-0.15, -0.1) is 0 Å². The van der Waals surface area contributed by atoms with Crippen LogP contribution in [-0.4, -0.2) is 24.7 Å². The predicted molar refractivity (Wildman–Crippen MR) is 37.6 cm³/mol. The Labute approximate surface area is 60.7 Å². The smallest absolute Gasteiger partial charge is 0.323 e. The van der Waals surface area contributed by atoms with Gasteiger partial charge in [0.1, 0.15) is 6.04 Å². The second kappa shape index (κ2) is 3.01. The number of nitrogens with one attached hydrogen (secondary N) is 1. The highest BCUT2D eigenvalue weighted by Crippen LogP contribution is 2.11. The van der Waals surface area contributed by atoms with Crippen LogP contribution in [0.15, 0.2) is 0 Å². The Bertz CT molecular complexity index is 130. The SMILES string of the molecule is CCOC(=O)[C@@H]1C[C@@H](C)N1. The number of carbonyl (C=O) groups is 1. The lowest BCUT2D eigenvalue weighted by Gasteiger charge is -2.32. The first kappa shape index (κ1) is 7.54. The lowest BCUT2D eigenvalue weighted by molar-refractivity contribution is -0.148. The summed E-state index contributed by atoms with van der Waals surface area (Å²) in [5.74, 6) is -0.111. The van der Waals surface area contributed by atoms with Gasteiger partial charge in [-0.3, -0.25) is 4.79 Å². The van der Waals surface area contributed by atoms with Crippen molar-refractivity contribution in [2.75, 3.05) is 6.61 Å². The first-order valence-corrected chi connectivity index (χ1v) is 3.66. The quantitative estimate of drug-likeness (QED) is 0.565. The third kappa shape index (κ3) is 1.48. The molecule has 1 aliphatic heterocycles. The van der Waals surface area contributed by atoms with Gasteiger partial charge in [0.05, 0.1) is 6.61 Å². The highest BCUT2D eigenvalue weighted by atomic mass is 16.5. The molecule has 1 fully saturated rings. The van der Waals surface area contributed by atoms with Gasteiger partial charge in [0.25, 0.3) is 0 Å². The maximum atomic E-state index is 10.9. The average molecular weight is 143 g/mol. The molecule has 0 amide bonds. The minimum absolute atomic E-state index is 0.0325. The molecule has 0 spiro atoms. The zero-order chi connectivity index (χ0) is 7.56. The van der Waals surface area contributed by atoms with Crippen LogP contribution in [0.3, 0.4) is 0 Å². The van der Waals surface area contributed by atoms with Crippen molar-refractivity contribution in [3.63, 3.8) is 0 Å². The second-order valence-corrected chi connectivity index (χ2v) is 2.61. The number of hydrogen-bond donors (Lipinski definition) is 1. The van der Waals surface area contributed by atoms with E-state index in [-0.39, 0.29) is 12.0 Å². The number of esters is 1. The molecule has 3 nitrogen and oxygen atoms in total. The first-order chi connectivity index (χ1) is 4.74. The summed E-state index contributed by atoms with van der Waals surface area (Å²) in [6.45, 7) is 4.35. The first-order valence-electron chi connectivity index (χ1n) is 3.66. The van der Waals surface area contributed by atoms with Crippen LogP contribution in [0.25, 0.3) is 0 Å². The monoisotopic (exact) mass is 143 g/mol. The molecule has 0 saturated carbocycles. The van der Waals surface area contributed by atoms with E-state index in [2.05, 4.69) is 12.2 Å². The molecule has 0 aromatic rings. The highest BCUT2D eigenvalue weighted by Gasteiger charge is 2.31. The lowest BCUT2D eigenvalue weighted by Crippen LogP contribution is -2.55. The largest absolute Gasteiger partial charge is 0.465 e. The minimum atomic E-state index is -0.111. The topological polar surface area (TPSA) is 38.3 Å². The Morgan fingerprint density at radius 1 is 1.80 bits per heavy atom. The van der Waals surface area contributed by atoms with Gasteiger partial charge in [0.2, 0.25) is 0 Å². The van der Waals surface area contributed by atoms with Gasteiger partial charge in [-0.05, 0) is 20.3 Å². The number of carbonyl (C=O) groups excluding carboxylic acids is 1. The number of hydrogen-bond acceptors (Lipinski definition) is 3. The normalized spacial score (nSPS) is 31.0. The molecule has 0 aromatic heterocycles. The summed E-state index contributed by atoms with van der Waals surface area (Å²) in [6.07, 6.45) is 0.916. The van der Waals surface area contributed by atoms with E-state index in [1.807, 2.05) is 6.92 Å². The second-order valence-electron chi connectivity index (χ2n) is 2.61. The van der Waals surface area contributed by atoms with Gasteiger partial charge in [-0.2, -0.15) is 0 Å². The molecule has 1 aliphatic rings. The van der Waals surface area contributed by atoms with Crippen molar-refractivity contribution in [1.82, 2.24) is 5.32 Å². The summed E-state index contributed by atoms with van der Waals surface area (Å²) < 4.78 is 4.79. The van der Waals surface area contributed by atoms with Crippen molar-refractivity contribution < 1.29 is 9.53 Å². The van der Waals surface area contributed by atoms with Gasteiger partial charge >= 0.3 is 5.97 Å². The van der Waals surface area contributed by atoms with E-state index in [1.54, 1.807) is 0 Å². The van der Waals surface area contributed by atoms with Gasteiger partial charge in [-0.1, -0.05) is 0 Å². The van der Waals surface area contributed by atoms with Crippen LogP contribution in [0.1, 0.15) is 20.3 Å². The van der Waals surface area contributed by atoms with Crippen molar-refractivity contribution in [2.24, 2.45) is 0 Å². The average Bonchev–Trinajstić information content (AvgIpc) is 1.82. The van der Waals surface area contributed by atoms with Gasteiger partial charge in [0.15, 0.2) is 0 Å². The van der Waals surface area contributed by atoms with Crippen molar-refractivity contribution in [1.29, 1.82) is 0 Å². The third-order valence-corrected chi connectivity index (χ3v) is 1.65. The molecule has 0 unspecified atom stereocenters. The summed E-state index contributed by atoms with van der Waals surface area (Å²) in [5.41, 5.74) is 0. The Hall–Kier alpha value is -0.570. The molecular formula is C7H13NO2. The van der Waals surface area contributed by atoms with Crippen LogP contribution < -0.4 is 5.32 Å². The van der Waals surface area contributed by atoms with Crippen LogP contribution >= 0.6 is 0 Å². The lowest BCUT2D eigenvalue weighted by atomic mass is 9.99. The molecule has 58 valence electrons. The maximum absolute atomic E-state index is 10.9. The standard InChI is InChI=1S/C7H13NO2/c1-3-10-7(9)6-4-5(2)8-6/h5-6,8H,3-4H2,1-2H3/t5-,6+/m1/s1. The fourth-order valence-corrected chi connectivity index (χ4v) is 1.08. The van der Waals surface area contributed by atoms with Crippen molar-refractivity contribution >= 4 is 5.97 Å². The van der Waals surface area contributed by atoms with Crippen LogP contribution in [0.5, 0.6) is 0 Å². The molecule has 0 aromatic carbocycles. The number of ether oxygens (including phenoxy) is 1. The molecule has 1 rings (SSSR count). The molecule has 10 heavy (non-hydrogen) atoms. The highest BCUT2D eigenvalue weighted by molar-refractivity contribution is 5.76. The van der Waals surface area contributed by atoms with Gasteiger partial charge in [0, 0.05) is 6.04 Å². The van der Waals surface area contributed by atoms with Crippen LogP contribution in [0.4, 0.5) is 0 Å². The van der Waals surface area contributed by atoms with E-state index >= 15 is 0 Å². The van der Waals surface area contributed by atoms with Crippen molar-refractivity contribution in [3.05, 3.63) is 0 Å². The molecule has 2 atom stereocenters. The van der Waals surface area contributed by atoms with Crippen molar-refractivity contribution in [3.8, 4) is 0 Å². The predicted octanol–water partition coefficient (Wildman–Crippen LogP) is 0.300. The Kier molecular flexibility index (Phi) is 2.27. The van der Waals surface area contributed by atoms with Crippen LogP contribution in [-0.2, 0) is 9.53 Å². The summed E-state index contributed by atoms with van der Waals surface area (Å²) in [7, 11) is 0. The third-order valence-electron chi connectivity index (χ3n) is 1.65. The Balaban J connectivity index is 2.18. The van der Waals surface area contributed by atoms with E-state index in [4.69, 9.17) is 4.74 Å². The summed E-state index contributed by atoms with van der Waals surface area (Å²) >= 11 is 0. The summed E-state index contributed by atoms with van der Waals surface area (Å²) in [4.78, 5) is 10.9. The fraction of sp³-hybridized carbons (Fsp3) is 0.857. The van der Waals surface area contributed by atoms with E-state index in [0.29, 0.717) is 12.6 Å². The van der Waals surface area contributed by atoms with Gasteiger partial charge < -0.3 is 10.1 Å². The number of rotatable bonds is 2. The molecular weight excluding hydrogens is 130 g/mol. The molecule has 0 bridgehead atoms. The Morgan fingerprint density at radius 3 is 2.80 bits per heavy atom. The van der Waals surface area contributed by atoms with Gasteiger partial charge in [-0.25, -0.2) is 0 Å². The summed E-state index contributed by atoms with van der Waals surface area (Å²) in [5, 5.41) is 3.05. The van der Waals surface area contributed by atoms with Crippen LogP contribution in [0.2, 0.25) is 0 Å². The minimum Gasteiger partial charge on any atom is -0.465 e. The van der Waals surface area contributed by atoms with Crippen LogP contribution in [0, 0.1) is 0 Å². The van der Waals surface area contributed by atoms with E-state index < -0.39 is 0 Å². The fourth-order valence-electron chi connectivity index (χ4n) is 1.08.